The van der Waals surface area contributed by atoms with Gasteiger partial charge in [-0.2, -0.15) is 0 Å². The lowest BCUT2D eigenvalue weighted by atomic mass is 10.2. The third-order valence-corrected chi connectivity index (χ3v) is 2.43. The first-order valence-electron chi connectivity index (χ1n) is 6.40. The molecule has 0 saturated carbocycles. The van der Waals surface area contributed by atoms with Crippen LogP contribution in [0.2, 0.25) is 0 Å². The Morgan fingerprint density at radius 2 is 1.75 bits per heavy atom. The molecule has 1 heterocycles. The summed E-state index contributed by atoms with van der Waals surface area (Å²) >= 11 is 0. The molecule has 0 bridgehead atoms. The molecule has 0 unspecified atom stereocenters. The average Bonchev–Trinajstić information content (AvgIpc) is 2.47. The van der Waals surface area contributed by atoms with Crippen molar-refractivity contribution in [3.63, 3.8) is 0 Å². The maximum Gasteiger partial charge on any atom is 0.250 e. The van der Waals surface area contributed by atoms with Crippen LogP contribution in [0.4, 0.5) is 4.39 Å². The Bertz CT molecular complexity index is 379. The van der Waals surface area contributed by atoms with E-state index in [1.54, 1.807) is 7.11 Å². The van der Waals surface area contributed by atoms with Gasteiger partial charge in [0.1, 0.15) is 6.61 Å². The number of nitrogens with two attached hydrogens (primary N) is 1. The zero-order valence-corrected chi connectivity index (χ0v) is 11.6. The van der Waals surface area contributed by atoms with E-state index in [9.17, 15) is 4.39 Å². The molecule has 0 amide bonds. The summed E-state index contributed by atoms with van der Waals surface area (Å²) in [7, 11) is 1.62. The molecule has 0 radical (unpaired) electrons. The summed E-state index contributed by atoms with van der Waals surface area (Å²) in [6.07, 6.45) is 1.46. The van der Waals surface area contributed by atoms with E-state index in [0.717, 1.165) is 0 Å². The van der Waals surface area contributed by atoms with Gasteiger partial charge < -0.3 is 24.7 Å². The van der Waals surface area contributed by atoms with Gasteiger partial charge in [0.2, 0.25) is 0 Å². The van der Waals surface area contributed by atoms with Crippen LogP contribution in [-0.4, -0.2) is 51.7 Å². The molecule has 0 aliphatic carbocycles. The topological polar surface area (TPSA) is 75.8 Å². The normalized spacial score (nSPS) is 10.8. The predicted octanol–water partition coefficient (Wildman–Crippen LogP) is 0.738. The SMILES string of the molecule is COCCOCCOCCOc1nccc(CN)c1F. The van der Waals surface area contributed by atoms with E-state index in [2.05, 4.69) is 4.98 Å². The van der Waals surface area contributed by atoms with E-state index < -0.39 is 5.82 Å². The maximum atomic E-state index is 13.7. The van der Waals surface area contributed by atoms with E-state index in [-0.39, 0.29) is 19.0 Å². The molecule has 0 aliphatic heterocycles. The quantitative estimate of drug-likeness (QED) is 0.605. The van der Waals surface area contributed by atoms with Gasteiger partial charge in [0.25, 0.3) is 5.88 Å². The van der Waals surface area contributed by atoms with Crippen molar-refractivity contribution in [2.45, 2.75) is 6.54 Å². The molecule has 0 fully saturated rings. The van der Waals surface area contributed by atoms with Crippen LogP contribution >= 0.6 is 0 Å². The van der Waals surface area contributed by atoms with Crippen LogP contribution in [0.3, 0.4) is 0 Å². The number of ether oxygens (including phenoxy) is 4. The van der Waals surface area contributed by atoms with Crippen LogP contribution in [0.1, 0.15) is 5.56 Å². The molecule has 114 valence electrons. The number of pyridine rings is 1. The Kier molecular flexibility index (Phi) is 8.81. The largest absolute Gasteiger partial charge is 0.473 e. The minimum Gasteiger partial charge on any atom is -0.473 e. The van der Waals surface area contributed by atoms with Gasteiger partial charge in [0.05, 0.1) is 33.0 Å². The number of hydrogen-bond acceptors (Lipinski definition) is 6. The second-order valence-electron chi connectivity index (χ2n) is 3.86. The molecule has 0 spiro atoms. The Morgan fingerprint density at radius 3 is 2.40 bits per heavy atom. The molecular formula is C13H21FN2O4. The molecule has 1 aromatic heterocycles. The fourth-order valence-electron chi connectivity index (χ4n) is 1.38. The number of halogens is 1. The zero-order valence-electron chi connectivity index (χ0n) is 11.6. The molecule has 0 aliphatic rings. The summed E-state index contributed by atoms with van der Waals surface area (Å²) in [4.78, 5) is 3.81. The molecule has 1 aromatic rings. The minimum atomic E-state index is -0.516. The van der Waals surface area contributed by atoms with Crippen LogP contribution in [0.5, 0.6) is 5.88 Å². The summed E-state index contributed by atoms with van der Waals surface area (Å²) in [6, 6.07) is 1.52. The lowest BCUT2D eigenvalue weighted by Crippen LogP contribution is -2.13. The van der Waals surface area contributed by atoms with Gasteiger partial charge in [-0.05, 0) is 6.07 Å². The fourth-order valence-corrected chi connectivity index (χ4v) is 1.38. The predicted molar refractivity (Wildman–Crippen MR) is 71.1 cm³/mol. The highest BCUT2D eigenvalue weighted by atomic mass is 19.1. The second-order valence-corrected chi connectivity index (χ2v) is 3.86. The van der Waals surface area contributed by atoms with Gasteiger partial charge in [-0.1, -0.05) is 0 Å². The third kappa shape index (κ3) is 6.25. The molecular weight excluding hydrogens is 267 g/mol. The highest BCUT2D eigenvalue weighted by molar-refractivity contribution is 5.23. The molecule has 20 heavy (non-hydrogen) atoms. The third-order valence-electron chi connectivity index (χ3n) is 2.43. The van der Waals surface area contributed by atoms with Crippen LogP contribution in [0, 0.1) is 5.82 Å². The van der Waals surface area contributed by atoms with Gasteiger partial charge >= 0.3 is 0 Å². The van der Waals surface area contributed by atoms with Crippen molar-refractivity contribution in [1.29, 1.82) is 0 Å². The van der Waals surface area contributed by atoms with Crippen molar-refractivity contribution < 1.29 is 23.3 Å². The van der Waals surface area contributed by atoms with Gasteiger partial charge in [-0.3, -0.25) is 0 Å². The number of aromatic nitrogens is 1. The van der Waals surface area contributed by atoms with Crippen LogP contribution in [0.25, 0.3) is 0 Å². The first kappa shape index (κ1) is 16.8. The fraction of sp³-hybridized carbons (Fsp3) is 0.615. The lowest BCUT2D eigenvalue weighted by molar-refractivity contribution is 0.0173. The van der Waals surface area contributed by atoms with Crippen molar-refractivity contribution in [3.8, 4) is 5.88 Å². The zero-order chi connectivity index (χ0) is 14.6. The molecule has 1 rings (SSSR count). The van der Waals surface area contributed by atoms with Crippen molar-refractivity contribution in [2.24, 2.45) is 5.73 Å². The van der Waals surface area contributed by atoms with Gasteiger partial charge in [0, 0.05) is 25.4 Å². The number of rotatable bonds is 11. The van der Waals surface area contributed by atoms with Crippen molar-refractivity contribution in [1.82, 2.24) is 4.98 Å². The Morgan fingerprint density at radius 1 is 1.10 bits per heavy atom. The van der Waals surface area contributed by atoms with Crippen LogP contribution in [-0.2, 0) is 20.8 Å². The number of nitrogens with zero attached hydrogens (tertiary/aromatic N) is 1. The first-order chi connectivity index (χ1) is 9.79. The molecule has 0 atom stereocenters. The van der Waals surface area contributed by atoms with Crippen molar-refractivity contribution in [3.05, 3.63) is 23.6 Å². The smallest absolute Gasteiger partial charge is 0.250 e. The molecule has 7 heteroatoms. The van der Waals surface area contributed by atoms with E-state index in [4.69, 9.17) is 24.7 Å². The van der Waals surface area contributed by atoms with E-state index in [1.807, 2.05) is 0 Å². The summed E-state index contributed by atoms with van der Waals surface area (Å²) < 4.78 is 34.2. The lowest BCUT2D eigenvalue weighted by Gasteiger charge is -2.09. The van der Waals surface area contributed by atoms with Gasteiger partial charge in [-0.15, -0.1) is 0 Å². The van der Waals surface area contributed by atoms with E-state index in [0.29, 0.717) is 38.6 Å². The Labute approximate surface area is 118 Å². The molecule has 2 N–H and O–H groups in total. The number of methoxy groups -OCH3 is 1. The van der Waals surface area contributed by atoms with E-state index >= 15 is 0 Å². The summed E-state index contributed by atoms with van der Waals surface area (Å²) in [5.41, 5.74) is 5.77. The van der Waals surface area contributed by atoms with Gasteiger partial charge in [0.15, 0.2) is 5.82 Å². The maximum absolute atomic E-state index is 13.7. The van der Waals surface area contributed by atoms with Crippen LogP contribution in [0.15, 0.2) is 12.3 Å². The molecule has 0 saturated heterocycles. The van der Waals surface area contributed by atoms with Crippen molar-refractivity contribution >= 4 is 0 Å². The first-order valence-corrected chi connectivity index (χ1v) is 6.40. The number of hydrogen-bond donors (Lipinski definition) is 1. The van der Waals surface area contributed by atoms with E-state index in [1.165, 1.54) is 12.3 Å². The molecule has 6 nitrogen and oxygen atoms in total. The van der Waals surface area contributed by atoms with Gasteiger partial charge in [-0.25, -0.2) is 9.37 Å². The highest BCUT2D eigenvalue weighted by Crippen LogP contribution is 2.16. The summed E-state index contributed by atoms with van der Waals surface area (Å²) in [5, 5.41) is 0. The Hall–Kier alpha value is -1.28. The Balaban J connectivity index is 2.09. The summed E-state index contributed by atoms with van der Waals surface area (Å²) in [6.45, 7) is 2.70. The summed E-state index contributed by atoms with van der Waals surface area (Å²) in [5.74, 6) is -0.564. The van der Waals surface area contributed by atoms with Crippen LogP contribution < -0.4 is 10.5 Å². The highest BCUT2D eigenvalue weighted by Gasteiger charge is 2.09. The second kappa shape index (κ2) is 10.5. The van der Waals surface area contributed by atoms with Crippen molar-refractivity contribution in [2.75, 3.05) is 46.8 Å². The molecule has 0 aromatic carbocycles. The standard InChI is InChI=1S/C13H21FN2O4/c1-17-4-5-18-6-7-19-8-9-20-13-12(14)11(10-15)2-3-16-13/h2-3H,4-10,15H2,1H3. The minimum absolute atomic E-state index is 0.0482. The monoisotopic (exact) mass is 288 g/mol. The average molecular weight is 288 g/mol.